The standard InChI is InChI=1S/C14H13S/c1-12-7-5-6-10-14(12)15-11-13-8-3-2-4-9-13/h2-6,8-10H,11H2,1H3. The van der Waals surface area contributed by atoms with Crippen LogP contribution in [0.5, 0.6) is 0 Å². The van der Waals surface area contributed by atoms with E-state index < -0.39 is 0 Å². The summed E-state index contributed by atoms with van der Waals surface area (Å²) < 4.78 is 0. The predicted molar refractivity (Wildman–Crippen MR) is 66.0 cm³/mol. The van der Waals surface area contributed by atoms with E-state index in [-0.39, 0.29) is 0 Å². The Kier molecular flexibility index (Phi) is 3.46. The highest BCUT2D eigenvalue weighted by Crippen LogP contribution is 2.25. The average molecular weight is 213 g/mol. The summed E-state index contributed by atoms with van der Waals surface area (Å²) in [5.74, 6) is 1.03. The third-order valence-corrected chi connectivity index (χ3v) is 3.48. The topological polar surface area (TPSA) is 0 Å². The number of hydrogen-bond acceptors (Lipinski definition) is 1. The Balaban J connectivity index is 2.03. The molecule has 0 heterocycles. The van der Waals surface area contributed by atoms with E-state index in [9.17, 15) is 0 Å². The molecule has 0 aromatic heterocycles. The van der Waals surface area contributed by atoms with Gasteiger partial charge < -0.3 is 0 Å². The van der Waals surface area contributed by atoms with Gasteiger partial charge in [-0.1, -0.05) is 42.5 Å². The average Bonchev–Trinajstić information content (AvgIpc) is 2.29. The second kappa shape index (κ2) is 5.04. The second-order valence-corrected chi connectivity index (χ2v) is 4.45. The van der Waals surface area contributed by atoms with E-state index >= 15 is 0 Å². The fourth-order valence-electron chi connectivity index (χ4n) is 1.40. The van der Waals surface area contributed by atoms with E-state index in [4.69, 9.17) is 0 Å². The van der Waals surface area contributed by atoms with Gasteiger partial charge in [0.2, 0.25) is 0 Å². The van der Waals surface area contributed by atoms with Crippen LogP contribution in [-0.4, -0.2) is 0 Å². The van der Waals surface area contributed by atoms with E-state index in [1.807, 2.05) is 23.9 Å². The number of hydrogen-bond donors (Lipinski definition) is 0. The van der Waals surface area contributed by atoms with Crippen LogP contribution in [0.4, 0.5) is 0 Å². The van der Waals surface area contributed by atoms with Crippen molar-refractivity contribution in [2.24, 2.45) is 0 Å². The lowest BCUT2D eigenvalue weighted by atomic mass is 10.2. The molecule has 2 rings (SSSR count). The molecule has 1 radical (unpaired) electrons. The first-order chi connectivity index (χ1) is 7.36. The van der Waals surface area contributed by atoms with Crippen LogP contribution >= 0.6 is 11.8 Å². The van der Waals surface area contributed by atoms with Crippen molar-refractivity contribution in [2.75, 3.05) is 0 Å². The Morgan fingerprint density at radius 3 is 2.60 bits per heavy atom. The lowest BCUT2D eigenvalue weighted by Crippen LogP contribution is -1.82. The van der Waals surface area contributed by atoms with Gasteiger partial charge in [0, 0.05) is 10.6 Å². The van der Waals surface area contributed by atoms with Crippen molar-refractivity contribution in [3.8, 4) is 0 Å². The molecule has 0 aliphatic rings. The molecule has 2 aromatic carbocycles. The molecule has 0 amide bonds. The predicted octanol–water partition coefficient (Wildman–Crippen LogP) is 4.09. The van der Waals surface area contributed by atoms with E-state index in [0.29, 0.717) is 0 Å². The van der Waals surface area contributed by atoms with Crippen LogP contribution in [0.25, 0.3) is 0 Å². The highest BCUT2D eigenvalue weighted by atomic mass is 32.2. The molecule has 0 aliphatic carbocycles. The van der Waals surface area contributed by atoms with Crippen molar-refractivity contribution in [3.05, 3.63) is 65.7 Å². The fraction of sp³-hybridized carbons (Fsp3) is 0.143. The summed E-state index contributed by atoms with van der Waals surface area (Å²) in [5.41, 5.74) is 2.60. The zero-order valence-corrected chi connectivity index (χ0v) is 9.55. The molecule has 0 fully saturated rings. The minimum Gasteiger partial charge on any atom is -0.121 e. The molecule has 2 aromatic rings. The molecule has 0 bridgehead atoms. The molecule has 0 atom stereocenters. The highest BCUT2D eigenvalue weighted by molar-refractivity contribution is 7.98. The molecule has 0 N–H and O–H groups in total. The zero-order chi connectivity index (χ0) is 10.5. The summed E-state index contributed by atoms with van der Waals surface area (Å²) in [5, 5.41) is 0. The van der Waals surface area contributed by atoms with Crippen molar-refractivity contribution < 1.29 is 0 Å². The van der Waals surface area contributed by atoms with Crippen molar-refractivity contribution in [1.82, 2.24) is 0 Å². The van der Waals surface area contributed by atoms with E-state index in [1.165, 1.54) is 16.0 Å². The maximum absolute atomic E-state index is 3.22. The molecule has 0 aliphatic heterocycles. The van der Waals surface area contributed by atoms with Gasteiger partial charge in [0.05, 0.1) is 0 Å². The smallest absolute Gasteiger partial charge is 0.0232 e. The molecule has 75 valence electrons. The lowest BCUT2D eigenvalue weighted by molar-refractivity contribution is 1.28. The van der Waals surface area contributed by atoms with Gasteiger partial charge in [-0.3, -0.25) is 0 Å². The molecule has 0 saturated heterocycles. The van der Waals surface area contributed by atoms with Gasteiger partial charge in [0.25, 0.3) is 0 Å². The maximum Gasteiger partial charge on any atom is 0.0232 e. The van der Waals surface area contributed by atoms with E-state index in [2.05, 4.69) is 49.4 Å². The molecule has 0 nitrogen and oxygen atoms in total. The summed E-state index contributed by atoms with van der Waals surface area (Å²) in [6, 6.07) is 19.9. The van der Waals surface area contributed by atoms with Gasteiger partial charge in [-0.15, -0.1) is 11.8 Å². The van der Waals surface area contributed by atoms with Crippen molar-refractivity contribution >= 4 is 11.8 Å². The lowest BCUT2D eigenvalue weighted by Gasteiger charge is -2.04. The van der Waals surface area contributed by atoms with Crippen LogP contribution in [-0.2, 0) is 5.75 Å². The minimum absolute atomic E-state index is 1.03. The number of aryl methyl sites for hydroxylation is 1. The Morgan fingerprint density at radius 2 is 1.87 bits per heavy atom. The molecule has 0 unspecified atom stereocenters. The van der Waals surface area contributed by atoms with Crippen LogP contribution in [0.3, 0.4) is 0 Å². The van der Waals surface area contributed by atoms with Crippen molar-refractivity contribution in [1.29, 1.82) is 0 Å². The Bertz CT molecular complexity index is 420. The quantitative estimate of drug-likeness (QED) is 0.692. The van der Waals surface area contributed by atoms with Crippen LogP contribution in [0.1, 0.15) is 11.1 Å². The third kappa shape index (κ3) is 2.87. The monoisotopic (exact) mass is 213 g/mol. The van der Waals surface area contributed by atoms with Gasteiger partial charge in [-0.25, -0.2) is 0 Å². The molecule has 0 spiro atoms. The second-order valence-electron chi connectivity index (χ2n) is 3.43. The van der Waals surface area contributed by atoms with Crippen LogP contribution in [0.15, 0.2) is 53.4 Å². The number of thioether (sulfide) groups is 1. The molecular formula is C14H13S. The van der Waals surface area contributed by atoms with Crippen molar-refractivity contribution in [2.45, 2.75) is 17.6 Å². The van der Waals surface area contributed by atoms with Gasteiger partial charge in [0.1, 0.15) is 0 Å². The third-order valence-electron chi connectivity index (χ3n) is 2.25. The molecule has 0 saturated carbocycles. The summed E-state index contributed by atoms with van der Waals surface area (Å²) in [6.45, 7) is 2.10. The van der Waals surface area contributed by atoms with Gasteiger partial charge in [-0.2, -0.15) is 0 Å². The molecule has 15 heavy (non-hydrogen) atoms. The maximum atomic E-state index is 3.22. The highest BCUT2D eigenvalue weighted by Gasteiger charge is 1.98. The van der Waals surface area contributed by atoms with Crippen LogP contribution < -0.4 is 0 Å². The molecule has 1 heteroatoms. The Hall–Kier alpha value is -1.21. The SMILES string of the molecule is Cc1[c]cccc1SCc1ccccc1. The van der Waals surface area contributed by atoms with Gasteiger partial charge in [0.15, 0.2) is 0 Å². The first kappa shape index (κ1) is 10.3. The number of benzene rings is 2. The van der Waals surface area contributed by atoms with Gasteiger partial charge in [-0.05, 0) is 30.2 Å². The summed E-state index contributed by atoms with van der Waals surface area (Å²) in [4.78, 5) is 1.32. The minimum atomic E-state index is 1.03. The molecular weight excluding hydrogens is 200 g/mol. The normalized spacial score (nSPS) is 10.2. The van der Waals surface area contributed by atoms with Gasteiger partial charge >= 0.3 is 0 Å². The van der Waals surface area contributed by atoms with Crippen LogP contribution in [0, 0.1) is 13.0 Å². The summed E-state index contributed by atoms with van der Waals surface area (Å²) in [7, 11) is 0. The largest absolute Gasteiger partial charge is 0.121 e. The van der Waals surface area contributed by atoms with E-state index in [0.717, 1.165) is 5.75 Å². The van der Waals surface area contributed by atoms with Crippen molar-refractivity contribution in [3.63, 3.8) is 0 Å². The summed E-state index contributed by atoms with van der Waals surface area (Å²) >= 11 is 1.87. The van der Waals surface area contributed by atoms with Crippen LogP contribution in [0.2, 0.25) is 0 Å². The first-order valence-electron chi connectivity index (χ1n) is 5.00. The Morgan fingerprint density at radius 1 is 1.07 bits per heavy atom. The first-order valence-corrected chi connectivity index (χ1v) is 5.99. The number of rotatable bonds is 3. The fourth-order valence-corrected chi connectivity index (χ4v) is 2.36. The zero-order valence-electron chi connectivity index (χ0n) is 8.73. The van der Waals surface area contributed by atoms with E-state index in [1.54, 1.807) is 0 Å². The Labute approximate surface area is 95.3 Å². The summed E-state index contributed by atoms with van der Waals surface area (Å²) in [6.07, 6.45) is 0.